The molecule has 2 saturated carbocycles. The van der Waals surface area contributed by atoms with Gasteiger partial charge in [-0.3, -0.25) is 4.79 Å². The van der Waals surface area contributed by atoms with E-state index >= 15 is 0 Å². The fraction of sp³-hybridized carbons (Fsp3) is 0.696. The van der Waals surface area contributed by atoms with Gasteiger partial charge in [-0.1, -0.05) is 12.8 Å². The molecule has 0 unspecified atom stereocenters. The molecule has 29 heavy (non-hydrogen) atoms. The van der Waals surface area contributed by atoms with Crippen molar-refractivity contribution in [3.05, 3.63) is 24.0 Å². The molecule has 2 heterocycles. The first-order valence-corrected chi connectivity index (χ1v) is 11.2. The third-order valence-electron chi connectivity index (χ3n) is 6.23. The Morgan fingerprint density at radius 1 is 1.17 bits per heavy atom. The van der Waals surface area contributed by atoms with Gasteiger partial charge in [0.2, 0.25) is 0 Å². The molecular weight excluding hydrogens is 364 g/mol. The monoisotopic (exact) mass is 398 g/mol. The van der Waals surface area contributed by atoms with Crippen LogP contribution < -0.4 is 5.32 Å². The molecular formula is C23H34N4O2. The number of anilines is 1. The van der Waals surface area contributed by atoms with E-state index in [4.69, 9.17) is 9.72 Å². The first-order valence-electron chi connectivity index (χ1n) is 11.2. The Hall–Kier alpha value is -2.11. The zero-order valence-corrected chi connectivity index (χ0v) is 18.0. The summed E-state index contributed by atoms with van der Waals surface area (Å²) in [5.74, 6) is 2.00. The predicted molar refractivity (Wildman–Crippen MR) is 114 cm³/mol. The van der Waals surface area contributed by atoms with Crippen molar-refractivity contribution in [2.75, 3.05) is 5.32 Å². The zero-order chi connectivity index (χ0) is 20.4. The van der Waals surface area contributed by atoms with Gasteiger partial charge in [-0.2, -0.15) is 9.61 Å². The Bertz CT molecular complexity index is 840. The molecule has 0 aromatic carbocycles. The Kier molecular flexibility index (Phi) is 5.79. The normalized spacial score (nSPS) is 23.4. The molecule has 2 fully saturated rings. The number of esters is 1. The highest BCUT2D eigenvalue weighted by molar-refractivity contribution is 5.70. The largest absolute Gasteiger partial charge is 0.460 e. The molecule has 2 aliphatic carbocycles. The predicted octanol–water partition coefficient (Wildman–Crippen LogP) is 5.09. The van der Waals surface area contributed by atoms with Crippen LogP contribution in [0.3, 0.4) is 0 Å². The minimum atomic E-state index is -0.399. The summed E-state index contributed by atoms with van der Waals surface area (Å²) < 4.78 is 7.41. The average Bonchev–Trinajstić information content (AvgIpc) is 3.33. The van der Waals surface area contributed by atoms with Crippen molar-refractivity contribution in [2.45, 2.75) is 96.1 Å². The third kappa shape index (κ3) is 5.09. The van der Waals surface area contributed by atoms with Crippen LogP contribution in [0.1, 0.15) is 90.2 Å². The SMILES string of the molecule is CC(C)(C)OC(=O)CC1CCC(Nc2cc(C3CCCC3)nc3ccnn23)CC1. The van der Waals surface area contributed by atoms with E-state index in [-0.39, 0.29) is 5.97 Å². The molecule has 158 valence electrons. The maximum Gasteiger partial charge on any atom is 0.306 e. The molecule has 0 radical (unpaired) electrons. The molecule has 2 aromatic heterocycles. The van der Waals surface area contributed by atoms with Crippen molar-refractivity contribution >= 4 is 17.4 Å². The summed E-state index contributed by atoms with van der Waals surface area (Å²) >= 11 is 0. The Labute approximate surface area is 173 Å². The molecule has 0 bridgehead atoms. The van der Waals surface area contributed by atoms with Crippen molar-refractivity contribution in [1.29, 1.82) is 0 Å². The van der Waals surface area contributed by atoms with E-state index in [1.165, 1.54) is 31.4 Å². The van der Waals surface area contributed by atoms with Gasteiger partial charge >= 0.3 is 5.97 Å². The van der Waals surface area contributed by atoms with Gasteiger partial charge in [0.05, 0.1) is 6.20 Å². The molecule has 2 aliphatic rings. The quantitative estimate of drug-likeness (QED) is 0.711. The Balaban J connectivity index is 1.37. The lowest BCUT2D eigenvalue weighted by molar-refractivity contribution is -0.156. The highest BCUT2D eigenvalue weighted by atomic mass is 16.6. The van der Waals surface area contributed by atoms with Crippen LogP contribution in [0.15, 0.2) is 18.3 Å². The van der Waals surface area contributed by atoms with Crippen LogP contribution in [0, 0.1) is 5.92 Å². The van der Waals surface area contributed by atoms with Crippen LogP contribution in [0.2, 0.25) is 0 Å². The maximum atomic E-state index is 12.1. The summed E-state index contributed by atoms with van der Waals surface area (Å²) in [6, 6.07) is 4.61. The van der Waals surface area contributed by atoms with Gasteiger partial charge < -0.3 is 10.1 Å². The van der Waals surface area contributed by atoms with Crippen molar-refractivity contribution in [3.63, 3.8) is 0 Å². The molecule has 1 N–H and O–H groups in total. The standard InChI is InChI=1S/C23H34N4O2/c1-23(2,3)29-22(28)14-16-8-10-18(11-9-16)25-21-15-19(17-6-4-5-7-17)26-20-12-13-24-27(20)21/h12-13,15-18,25H,4-11,14H2,1-3H3. The molecule has 4 rings (SSSR count). The fourth-order valence-corrected chi connectivity index (χ4v) is 4.80. The average molecular weight is 399 g/mol. The highest BCUT2D eigenvalue weighted by Gasteiger charge is 2.27. The van der Waals surface area contributed by atoms with E-state index in [9.17, 15) is 4.79 Å². The summed E-state index contributed by atoms with van der Waals surface area (Å²) in [7, 11) is 0. The second-order valence-corrected chi connectivity index (χ2v) is 9.80. The smallest absolute Gasteiger partial charge is 0.306 e. The maximum absolute atomic E-state index is 12.1. The lowest BCUT2D eigenvalue weighted by atomic mass is 9.84. The van der Waals surface area contributed by atoms with Crippen LogP contribution in [0.25, 0.3) is 5.65 Å². The first-order chi connectivity index (χ1) is 13.9. The summed E-state index contributed by atoms with van der Waals surface area (Å²) in [4.78, 5) is 17.0. The number of hydrogen-bond donors (Lipinski definition) is 1. The molecule has 0 atom stereocenters. The van der Waals surface area contributed by atoms with Gasteiger partial charge in [0.1, 0.15) is 11.4 Å². The summed E-state index contributed by atoms with van der Waals surface area (Å²) in [6.07, 6.45) is 11.7. The summed E-state index contributed by atoms with van der Waals surface area (Å²) in [5.41, 5.74) is 1.73. The van der Waals surface area contributed by atoms with Gasteiger partial charge in [-0.15, -0.1) is 0 Å². The molecule has 6 heteroatoms. The number of ether oxygens (including phenoxy) is 1. The van der Waals surface area contributed by atoms with E-state index in [0.29, 0.717) is 24.3 Å². The van der Waals surface area contributed by atoms with Crippen LogP contribution in [-0.4, -0.2) is 32.2 Å². The second-order valence-electron chi connectivity index (χ2n) is 9.80. The molecule has 0 amide bonds. The van der Waals surface area contributed by atoms with Gasteiger partial charge in [-0.25, -0.2) is 4.98 Å². The van der Waals surface area contributed by atoms with E-state index in [0.717, 1.165) is 37.1 Å². The van der Waals surface area contributed by atoms with Crippen molar-refractivity contribution < 1.29 is 9.53 Å². The molecule has 2 aromatic rings. The minimum Gasteiger partial charge on any atom is -0.460 e. The number of fused-ring (bicyclic) bond motifs is 1. The van der Waals surface area contributed by atoms with Crippen LogP contribution in [0.4, 0.5) is 5.82 Å². The van der Waals surface area contributed by atoms with Crippen molar-refractivity contribution in [1.82, 2.24) is 14.6 Å². The second kappa shape index (κ2) is 8.33. The van der Waals surface area contributed by atoms with Crippen molar-refractivity contribution in [2.24, 2.45) is 5.92 Å². The number of nitrogens with one attached hydrogen (secondary N) is 1. The topological polar surface area (TPSA) is 68.5 Å². The summed E-state index contributed by atoms with van der Waals surface area (Å²) in [6.45, 7) is 5.78. The number of carbonyl (C=O) groups is 1. The Morgan fingerprint density at radius 3 is 2.59 bits per heavy atom. The molecule has 0 spiro atoms. The zero-order valence-electron chi connectivity index (χ0n) is 18.0. The minimum absolute atomic E-state index is 0.0671. The molecule has 6 nitrogen and oxygen atoms in total. The fourth-order valence-electron chi connectivity index (χ4n) is 4.80. The summed E-state index contributed by atoms with van der Waals surface area (Å²) in [5, 5.41) is 8.20. The Morgan fingerprint density at radius 2 is 1.90 bits per heavy atom. The third-order valence-corrected chi connectivity index (χ3v) is 6.23. The van der Waals surface area contributed by atoms with Gasteiger partial charge in [0.15, 0.2) is 5.65 Å². The van der Waals surface area contributed by atoms with Gasteiger partial charge in [-0.05, 0) is 65.2 Å². The molecule has 0 aliphatic heterocycles. The lowest BCUT2D eigenvalue weighted by Gasteiger charge is -2.30. The van der Waals surface area contributed by atoms with E-state index in [1.807, 2.05) is 37.5 Å². The number of aromatic nitrogens is 3. The van der Waals surface area contributed by atoms with E-state index in [2.05, 4.69) is 16.5 Å². The van der Waals surface area contributed by atoms with Crippen LogP contribution >= 0.6 is 0 Å². The highest BCUT2D eigenvalue weighted by Crippen LogP contribution is 2.35. The van der Waals surface area contributed by atoms with Crippen molar-refractivity contribution in [3.8, 4) is 0 Å². The number of rotatable bonds is 5. The first kappa shape index (κ1) is 20.2. The van der Waals surface area contributed by atoms with Crippen LogP contribution in [0.5, 0.6) is 0 Å². The van der Waals surface area contributed by atoms with E-state index < -0.39 is 5.60 Å². The number of hydrogen-bond acceptors (Lipinski definition) is 5. The number of nitrogens with zero attached hydrogens (tertiary/aromatic N) is 3. The van der Waals surface area contributed by atoms with Gasteiger partial charge in [0.25, 0.3) is 0 Å². The van der Waals surface area contributed by atoms with Gasteiger partial charge in [0, 0.05) is 36.2 Å². The van der Waals surface area contributed by atoms with Crippen LogP contribution in [-0.2, 0) is 9.53 Å². The lowest BCUT2D eigenvalue weighted by Crippen LogP contribution is -2.30. The molecule has 0 saturated heterocycles. The number of carbonyl (C=O) groups excluding carboxylic acids is 1. The van der Waals surface area contributed by atoms with E-state index in [1.54, 1.807) is 0 Å².